The van der Waals surface area contributed by atoms with Crippen LogP contribution in [-0.4, -0.2) is 40.9 Å². The molecular formula is C8H22O4S. The van der Waals surface area contributed by atoms with Gasteiger partial charge in [-0.1, -0.05) is 7.43 Å². The number of methoxy groups -OCH3 is 1. The van der Waals surface area contributed by atoms with Crippen LogP contribution in [0.5, 0.6) is 0 Å². The van der Waals surface area contributed by atoms with Crippen molar-refractivity contribution in [3.8, 4) is 0 Å². The molecule has 0 rings (SSSR count). The predicted molar refractivity (Wildman–Crippen MR) is 56.8 cm³/mol. The highest BCUT2D eigenvalue weighted by atomic mass is 32.2. The van der Waals surface area contributed by atoms with Gasteiger partial charge in [-0.05, 0) is 13.8 Å². The molecular weight excluding hydrogens is 192 g/mol. The van der Waals surface area contributed by atoms with Crippen molar-refractivity contribution in [1.82, 2.24) is 0 Å². The van der Waals surface area contributed by atoms with Gasteiger partial charge in [0.1, 0.15) is 15.6 Å². The molecule has 0 aromatic rings. The molecule has 0 N–H and O–H groups in total. The zero-order valence-corrected chi connectivity index (χ0v) is 9.36. The summed E-state index contributed by atoms with van der Waals surface area (Å²) < 4.78 is 23.5. The molecule has 0 spiro atoms. The van der Waals surface area contributed by atoms with Gasteiger partial charge in [0.15, 0.2) is 0 Å². The maximum absolute atomic E-state index is 9.63. The summed E-state index contributed by atoms with van der Waals surface area (Å²) in [6, 6.07) is 0. The first-order chi connectivity index (χ1) is 5.15. The molecule has 0 bridgehead atoms. The van der Waals surface area contributed by atoms with Crippen molar-refractivity contribution in [2.75, 3.05) is 26.7 Å². The third-order valence-corrected chi connectivity index (χ3v) is 0. The molecule has 0 radical (unpaired) electrons. The Morgan fingerprint density at radius 2 is 1.08 bits per heavy atom. The monoisotopic (exact) mass is 214 g/mol. The molecule has 0 aromatic carbocycles. The Bertz CT molecular complexity index is 170. The summed E-state index contributed by atoms with van der Waals surface area (Å²) in [7, 11) is 0.583. The third kappa shape index (κ3) is 6020. The van der Waals surface area contributed by atoms with Crippen molar-refractivity contribution in [2.24, 2.45) is 0 Å². The number of rotatable bonds is 0. The molecule has 0 amide bonds. The van der Waals surface area contributed by atoms with Crippen molar-refractivity contribution in [2.45, 2.75) is 21.3 Å². The van der Waals surface area contributed by atoms with Gasteiger partial charge in [0, 0.05) is 26.7 Å². The predicted octanol–water partition coefficient (Wildman–Crippen LogP) is 1.15. The molecule has 84 valence electrons. The first kappa shape index (κ1) is 22.9. The Kier molecular flexibility index (Phi) is 24.9. The van der Waals surface area contributed by atoms with E-state index < -0.39 is 9.84 Å². The van der Waals surface area contributed by atoms with E-state index in [0.717, 1.165) is 12.5 Å². The molecule has 0 saturated heterocycles. The van der Waals surface area contributed by atoms with E-state index in [1.165, 1.54) is 13.8 Å². The first-order valence-corrected chi connectivity index (χ1v) is 5.47. The number of hydrogen-bond acceptors (Lipinski definition) is 4. The summed E-state index contributed by atoms with van der Waals surface area (Å²) in [5, 5.41) is 0. The smallest absolute Gasteiger partial charge is 0.144 e. The third-order valence-electron chi connectivity index (χ3n) is 0. The van der Waals surface area contributed by atoms with Gasteiger partial charge in [0.2, 0.25) is 0 Å². The highest BCUT2D eigenvalue weighted by Gasteiger charge is 1.79. The molecule has 0 aliphatic rings. The van der Waals surface area contributed by atoms with Crippen LogP contribution >= 0.6 is 0 Å². The number of hydrogen-bond donors (Lipinski definition) is 0. The highest BCUT2D eigenvalue weighted by Crippen LogP contribution is 1.61. The number of sulfone groups is 1. The summed E-state index contributed by atoms with van der Waals surface area (Å²) in [6.45, 7) is 3.06. The molecule has 0 aliphatic carbocycles. The van der Waals surface area contributed by atoms with Gasteiger partial charge in [0.05, 0.1) is 0 Å². The molecule has 0 heterocycles. The van der Waals surface area contributed by atoms with Gasteiger partial charge < -0.3 is 9.53 Å². The van der Waals surface area contributed by atoms with Crippen LogP contribution in [0.2, 0.25) is 0 Å². The number of carbonyl (C=O) groups is 1. The fraction of sp³-hybridized carbons (Fsp3) is 0.875. The maximum atomic E-state index is 9.63. The summed E-state index contributed by atoms with van der Waals surface area (Å²) in [5.41, 5.74) is 0. The summed E-state index contributed by atoms with van der Waals surface area (Å²) in [4.78, 5) is 9.44. The van der Waals surface area contributed by atoms with Gasteiger partial charge in [-0.2, -0.15) is 0 Å². The second-order valence-electron chi connectivity index (χ2n) is 2.46. The summed E-state index contributed by atoms with van der Waals surface area (Å²) in [6.07, 6.45) is 2.32. The Hall–Kier alpha value is -0.420. The van der Waals surface area contributed by atoms with E-state index in [9.17, 15) is 13.2 Å². The molecule has 0 unspecified atom stereocenters. The maximum Gasteiger partial charge on any atom is 0.144 e. The average molecular weight is 214 g/mol. The zero-order valence-electron chi connectivity index (χ0n) is 8.54. The minimum Gasteiger partial charge on any atom is -0.388 e. The van der Waals surface area contributed by atoms with Crippen molar-refractivity contribution in [3.63, 3.8) is 0 Å². The van der Waals surface area contributed by atoms with E-state index in [2.05, 4.69) is 4.74 Å². The lowest BCUT2D eigenvalue weighted by Gasteiger charge is -1.69. The SMILES string of the molecule is C.CC(C)=O.COC.CS(C)(=O)=O. The van der Waals surface area contributed by atoms with Crippen LogP contribution in [0.15, 0.2) is 0 Å². The van der Waals surface area contributed by atoms with Crippen LogP contribution in [0.1, 0.15) is 21.3 Å². The number of ketones is 1. The van der Waals surface area contributed by atoms with E-state index in [1.54, 1.807) is 14.2 Å². The van der Waals surface area contributed by atoms with E-state index in [-0.39, 0.29) is 13.2 Å². The minimum atomic E-state index is -2.67. The number of Topliss-reactive ketones (excluding diaryl/α,β-unsaturated/α-hetero) is 1. The van der Waals surface area contributed by atoms with Crippen LogP contribution in [0.25, 0.3) is 0 Å². The van der Waals surface area contributed by atoms with Gasteiger partial charge in [-0.25, -0.2) is 8.42 Å². The number of carbonyl (C=O) groups excluding carboxylic acids is 1. The lowest BCUT2D eigenvalue weighted by molar-refractivity contribution is -0.114. The number of ether oxygens (including phenoxy) is 1. The second-order valence-corrected chi connectivity index (χ2v) is 4.75. The zero-order chi connectivity index (χ0) is 10.8. The topological polar surface area (TPSA) is 60.4 Å². The standard InChI is InChI=1S/C3H6O.C2H6O2S.C2H6O.CH4/c1-3(2)4;1-5(2,3)4;1-3-2;/h1-2H3;1-2H3;1-2H3;1H4. The van der Waals surface area contributed by atoms with Crippen molar-refractivity contribution < 1.29 is 17.9 Å². The van der Waals surface area contributed by atoms with Gasteiger partial charge in [-0.3, -0.25) is 0 Å². The minimum absolute atomic E-state index is 0. The fourth-order valence-corrected chi connectivity index (χ4v) is 0. The fourth-order valence-electron chi connectivity index (χ4n) is 0. The van der Waals surface area contributed by atoms with E-state index in [1.807, 2.05) is 0 Å². The van der Waals surface area contributed by atoms with Gasteiger partial charge in [-0.15, -0.1) is 0 Å². The average Bonchev–Trinajstić information content (AvgIpc) is 1.56. The van der Waals surface area contributed by atoms with E-state index in [4.69, 9.17) is 0 Å². The summed E-state index contributed by atoms with van der Waals surface area (Å²) >= 11 is 0. The highest BCUT2D eigenvalue weighted by molar-refractivity contribution is 7.89. The quantitative estimate of drug-likeness (QED) is 0.607. The van der Waals surface area contributed by atoms with Crippen molar-refractivity contribution in [1.29, 1.82) is 0 Å². The van der Waals surface area contributed by atoms with Crippen molar-refractivity contribution in [3.05, 3.63) is 0 Å². The Morgan fingerprint density at radius 3 is 1.08 bits per heavy atom. The lowest BCUT2D eigenvalue weighted by Crippen LogP contribution is -1.86. The molecule has 5 heteroatoms. The van der Waals surface area contributed by atoms with Crippen LogP contribution in [0, 0.1) is 0 Å². The Morgan fingerprint density at radius 1 is 1.08 bits per heavy atom. The van der Waals surface area contributed by atoms with Gasteiger partial charge in [0.25, 0.3) is 0 Å². The molecule has 0 atom stereocenters. The molecule has 0 aliphatic heterocycles. The van der Waals surface area contributed by atoms with Crippen LogP contribution in [0.4, 0.5) is 0 Å². The lowest BCUT2D eigenvalue weighted by atomic mass is 10.6. The second kappa shape index (κ2) is 14.1. The molecule has 0 fully saturated rings. The largest absolute Gasteiger partial charge is 0.388 e. The van der Waals surface area contributed by atoms with Crippen LogP contribution in [-0.2, 0) is 19.4 Å². The summed E-state index contributed by atoms with van der Waals surface area (Å²) in [5.74, 6) is 0.167. The Balaban J connectivity index is -0.0000000465. The first-order valence-electron chi connectivity index (χ1n) is 3.17. The molecule has 13 heavy (non-hydrogen) atoms. The van der Waals surface area contributed by atoms with Crippen LogP contribution < -0.4 is 0 Å². The molecule has 0 saturated carbocycles. The van der Waals surface area contributed by atoms with Crippen LogP contribution in [0.3, 0.4) is 0 Å². The van der Waals surface area contributed by atoms with E-state index in [0.29, 0.717) is 0 Å². The molecule has 4 nitrogen and oxygen atoms in total. The van der Waals surface area contributed by atoms with Gasteiger partial charge >= 0.3 is 0 Å². The normalized spacial score (nSPS) is 7.85. The van der Waals surface area contributed by atoms with Crippen molar-refractivity contribution >= 4 is 15.6 Å². The Labute approximate surface area is 82.2 Å². The van der Waals surface area contributed by atoms with E-state index >= 15 is 0 Å². The molecule has 0 aromatic heterocycles.